The molecule has 0 bridgehead atoms. The van der Waals surface area contributed by atoms with E-state index >= 15 is 0 Å². The third-order valence-corrected chi connectivity index (χ3v) is 2.18. The van der Waals surface area contributed by atoms with E-state index in [1.807, 2.05) is 14.1 Å². The van der Waals surface area contributed by atoms with Crippen molar-refractivity contribution in [2.75, 3.05) is 20.6 Å². The normalized spacial score (nSPS) is 15.3. The minimum Gasteiger partial charge on any atom is -0.328 e. The summed E-state index contributed by atoms with van der Waals surface area (Å²) in [6.07, 6.45) is 1.87. The molecule has 0 aliphatic carbocycles. The van der Waals surface area contributed by atoms with Crippen LogP contribution in [0.1, 0.15) is 12.8 Å². The molecule has 0 radical (unpaired) electrons. The molecule has 0 aromatic heterocycles. The number of rotatable bonds is 5. The van der Waals surface area contributed by atoms with E-state index in [0.717, 1.165) is 19.4 Å². The van der Waals surface area contributed by atoms with E-state index in [0.29, 0.717) is 0 Å². The van der Waals surface area contributed by atoms with Crippen molar-refractivity contribution in [3.8, 4) is 0 Å². The Balaban J connectivity index is 3.03. The Labute approximate surface area is 64.6 Å². The Hall–Kier alpha value is 0.0669. The highest BCUT2D eigenvalue weighted by Gasteiger charge is 2.01. The van der Waals surface area contributed by atoms with E-state index in [1.165, 1.54) is 0 Å². The van der Waals surface area contributed by atoms with Crippen molar-refractivity contribution in [1.29, 1.82) is 0 Å². The molecule has 0 saturated heterocycles. The first kappa shape index (κ1) is 10.1. The zero-order valence-electron chi connectivity index (χ0n) is 6.81. The van der Waals surface area contributed by atoms with Crippen molar-refractivity contribution in [1.82, 2.24) is 4.90 Å². The van der Waals surface area contributed by atoms with E-state index in [4.69, 9.17) is 5.73 Å². The van der Waals surface area contributed by atoms with Crippen molar-refractivity contribution < 1.29 is 4.11 Å². The molecule has 62 valence electrons. The Morgan fingerprint density at radius 1 is 1.60 bits per heavy atom. The van der Waals surface area contributed by atoms with Crippen LogP contribution >= 0.6 is 0 Å². The Morgan fingerprint density at radius 3 is 2.60 bits per heavy atom. The van der Waals surface area contributed by atoms with Gasteiger partial charge in [0.2, 0.25) is 9.85 Å². The smallest absolute Gasteiger partial charge is 0.233 e. The maximum atomic E-state index is 11.9. The van der Waals surface area contributed by atoms with Gasteiger partial charge in [0.25, 0.3) is 0 Å². The predicted octanol–water partition coefficient (Wildman–Crippen LogP) is -0.334. The third-order valence-electron chi connectivity index (χ3n) is 1.38. The van der Waals surface area contributed by atoms with Gasteiger partial charge >= 0.3 is 0 Å². The summed E-state index contributed by atoms with van der Waals surface area (Å²) < 4.78 is 11.9. The number of hydrogen-bond acceptors (Lipinski definition) is 2. The van der Waals surface area contributed by atoms with Crippen LogP contribution in [0.4, 0.5) is 4.11 Å². The molecule has 0 aromatic rings. The maximum Gasteiger partial charge on any atom is 0.233 e. The lowest BCUT2D eigenvalue weighted by Crippen LogP contribution is -2.26. The molecule has 1 unspecified atom stereocenters. The minimum atomic E-state index is -1.45. The lowest BCUT2D eigenvalue weighted by atomic mass is 10.3. The molecule has 1 atom stereocenters. The highest BCUT2D eigenvalue weighted by molar-refractivity contribution is 6.28. The van der Waals surface area contributed by atoms with Gasteiger partial charge in [-0.1, -0.05) is 0 Å². The van der Waals surface area contributed by atoms with Crippen LogP contribution in [0.3, 0.4) is 0 Å². The van der Waals surface area contributed by atoms with Crippen molar-refractivity contribution >= 4 is 9.85 Å². The van der Waals surface area contributed by atoms with Crippen LogP contribution in [0.25, 0.3) is 0 Å². The fraction of sp³-hybridized carbons (Fsp3) is 1.00. The molecule has 10 heavy (non-hydrogen) atoms. The highest BCUT2D eigenvalue weighted by atomic mass is 28.3. The molecule has 0 saturated carbocycles. The van der Waals surface area contributed by atoms with E-state index < -0.39 is 9.85 Å². The predicted molar refractivity (Wildman–Crippen MR) is 45.4 cm³/mol. The topological polar surface area (TPSA) is 29.3 Å². The van der Waals surface area contributed by atoms with Crippen molar-refractivity contribution in [3.05, 3.63) is 0 Å². The standard InChI is InChI=1S/C6H17FN2Si/c1-9(2)5-3-4-6(8)10-7/h6H,3-5,8,10H2,1-2H3. The lowest BCUT2D eigenvalue weighted by Gasteiger charge is -2.10. The highest BCUT2D eigenvalue weighted by Crippen LogP contribution is 1.94. The largest absolute Gasteiger partial charge is 0.328 e. The molecule has 0 rings (SSSR count). The summed E-state index contributed by atoms with van der Waals surface area (Å²) in [5, 5.41) is 0. The lowest BCUT2D eigenvalue weighted by molar-refractivity contribution is 0.392. The fourth-order valence-electron chi connectivity index (χ4n) is 0.747. The van der Waals surface area contributed by atoms with Crippen LogP contribution in [0, 0.1) is 0 Å². The molecule has 2 nitrogen and oxygen atoms in total. The first-order valence-electron chi connectivity index (χ1n) is 3.63. The quantitative estimate of drug-likeness (QED) is 0.445. The molecule has 0 heterocycles. The summed E-state index contributed by atoms with van der Waals surface area (Å²) in [7, 11) is 2.58. The zero-order valence-corrected chi connectivity index (χ0v) is 8.22. The van der Waals surface area contributed by atoms with Crippen LogP contribution < -0.4 is 5.73 Å². The first-order chi connectivity index (χ1) is 4.66. The average molecular weight is 164 g/mol. The van der Waals surface area contributed by atoms with Gasteiger partial charge in [-0.3, -0.25) is 0 Å². The third kappa shape index (κ3) is 6.19. The van der Waals surface area contributed by atoms with Crippen LogP contribution in [0.2, 0.25) is 0 Å². The van der Waals surface area contributed by atoms with Crippen LogP contribution in [-0.2, 0) is 0 Å². The molecule has 0 aromatic carbocycles. The van der Waals surface area contributed by atoms with Gasteiger partial charge in [0, 0.05) is 5.67 Å². The van der Waals surface area contributed by atoms with E-state index in [-0.39, 0.29) is 5.67 Å². The van der Waals surface area contributed by atoms with Crippen molar-refractivity contribution in [2.45, 2.75) is 18.5 Å². The fourth-order valence-corrected chi connectivity index (χ4v) is 1.19. The second-order valence-corrected chi connectivity index (χ2v) is 4.22. The van der Waals surface area contributed by atoms with Gasteiger partial charge in [0.05, 0.1) is 0 Å². The van der Waals surface area contributed by atoms with Gasteiger partial charge in [-0.2, -0.15) is 0 Å². The molecule has 0 spiro atoms. The molecular formula is C6H17FN2Si. The summed E-state index contributed by atoms with van der Waals surface area (Å²) >= 11 is 0. The summed E-state index contributed by atoms with van der Waals surface area (Å²) in [5.74, 6) is 0. The minimum absolute atomic E-state index is 0.111. The van der Waals surface area contributed by atoms with Crippen molar-refractivity contribution in [2.24, 2.45) is 5.73 Å². The van der Waals surface area contributed by atoms with E-state index in [2.05, 4.69) is 4.90 Å². The van der Waals surface area contributed by atoms with Gasteiger partial charge in [-0.25, -0.2) is 0 Å². The summed E-state index contributed by atoms with van der Waals surface area (Å²) in [5.41, 5.74) is 5.32. The summed E-state index contributed by atoms with van der Waals surface area (Å²) in [6, 6.07) is 0. The van der Waals surface area contributed by atoms with Gasteiger partial charge in [0.1, 0.15) is 0 Å². The number of nitrogens with zero attached hydrogens (tertiary/aromatic N) is 1. The SMILES string of the molecule is CN(C)CCCC(N)[SiH2]F. The maximum absolute atomic E-state index is 11.9. The number of nitrogens with two attached hydrogens (primary N) is 1. The van der Waals surface area contributed by atoms with Crippen LogP contribution in [0.5, 0.6) is 0 Å². The molecule has 4 heteroatoms. The van der Waals surface area contributed by atoms with Crippen molar-refractivity contribution in [3.63, 3.8) is 0 Å². The Bertz CT molecular complexity index is 80.1. The van der Waals surface area contributed by atoms with Crippen LogP contribution in [0.15, 0.2) is 0 Å². The van der Waals surface area contributed by atoms with Crippen LogP contribution in [-0.4, -0.2) is 41.1 Å². The Morgan fingerprint density at radius 2 is 2.20 bits per heavy atom. The summed E-state index contributed by atoms with van der Waals surface area (Å²) in [4.78, 5) is 2.09. The zero-order chi connectivity index (χ0) is 7.98. The molecule has 0 fully saturated rings. The molecule has 0 amide bonds. The summed E-state index contributed by atoms with van der Waals surface area (Å²) in [6.45, 7) is 1.02. The average Bonchev–Trinajstić information content (AvgIpc) is 1.87. The van der Waals surface area contributed by atoms with E-state index in [9.17, 15) is 4.11 Å². The molecular weight excluding hydrogens is 147 g/mol. The van der Waals surface area contributed by atoms with Gasteiger partial charge in [-0.15, -0.1) is 0 Å². The van der Waals surface area contributed by atoms with Gasteiger partial charge in [-0.05, 0) is 33.5 Å². The number of hydrogen-bond donors (Lipinski definition) is 1. The van der Waals surface area contributed by atoms with E-state index in [1.54, 1.807) is 0 Å². The monoisotopic (exact) mass is 164 g/mol. The molecule has 0 aliphatic rings. The first-order valence-corrected chi connectivity index (χ1v) is 4.98. The second kappa shape index (κ2) is 5.82. The Kier molecular flexibility index (Phi) is 5.86. The second-order valence-electron chi connectivity index (χ2n) is 2.86. The molecule has 2 N–H and O–H groups in total. The van der Waals surface area contributed by atoms with Gasteiger partial charge < -0.3 is 14.7 Å². The molecule has 0 aliphatic heterocycles. The van der Waals surface area contributed by atoms with Gasteiger partial charge in [0.15, 0.2) is 0 Å². The number of halogens is 1.